The Kier molecular flexibility index (Phi) is 5.62. The van der Waals surface area contributed by atoms with Crippen LogP contribution in [0.2, 0.25) is 0 Å². The van der Waals surface area contributed by atoms with E-state index in [4.69, 9.17) is 18.0 Å². The highest BCUT2D eigenvalue weighted by Gasteiger charge is 2.17. The molecule has 0 radical (unpaired) electrons. The van der Waals surface area contributed by atoms with Crippen LogP contribution in [-0.2, 0) is 4.79 Å². The first kappa shape index (κ1) is 15.3. The summed E-state index contributed by atoms with van der Waals surface area (Å²) < 4.78 is 0. The van der Waals surface area contributed by atoms with Crippen molar-refractivity contribution in [2.45, 2.75) is 13.8 Å². The van der Waals surface area contributed by atoms with Gasteiger partial charge in [0.25, 0.3) is 0 Å². The number of rotatable bonds is 6. The maximum Gasteiger partial charge on any atom is 0.242 e. The summed E-state index contributed by atoms with van der Waals surface area (Å²) in [6.07, 6.45) is 1.53. The standard InChI is InChI=1S/C12H19N5OS/c1-4-17(5-2)10(18)8-16(3)12-9(11(13)19)6-7-14-15-12/h6-7H,4-5,8H2,1-3H3,(H2,13,19). The third kappa shape index (κ3) is 3.85. The lowest BCUT2D eigenvalue weighted by molar-refractivity contribution is -0.129. The van der Waals surface area contributed by atoms with Crippen LogP contribution in [0.3, 0.4) is 0 Å². The van der Waals surface area contributed by atoms with Crippen molar-refractivity contribution in [1.29, 1.82) is 0 Å². The number of nitrogens with two attached hydrogens (primary N) is 1. The molecule has 0 aliphatic rings. The van der Waals surface area contributed by atoms with Crippen molar-refractivity contribution in [3.8, 4) is 0 Å². The van der Waals surface area contributed by atoms with Gasteiger partial charge in [0, 0.05) is 20.1 Å². The highest BCUT2D eigenvalue weighted by atomic mass is 32.1. The van der Waals surface area contributed by atoms with Gasteiger partial charge in [0.05, 0.1) is 18.3 Å². The largest absolute Gasteiger partial charge is 0.389 e. The van der Waals surface area contributed by atoms with E-state index in [1.165, 1.54) is 6.20 Å². The van der Waals surface area contributed by atoms with Crippen LogP contribution in [0.5, 0.6) is 0 Å². The molecule has 1 aromatic rings. The first-order chi connectivity index (χ1) is 9.01. The van der Waals surface area contributed by atoms with E-state index in [1.54, 1.807) is 22.9 Å². The predicted octanol–water partition coefficient (Wildman–Crippen LogP) is 0.415. The van der Waals surface area contributed by atoms with Gasteiger partial charge in [0.15, 0.2) is 5.82 Å². The first-order valence-corrected chi connectivity index (χ1v) is 6.52. The summed E-state index contributed by atoms with van der Waals surface area (Å²) in [6, 6.07) is 1.70. The molecule has 0 spiro atoms. The third-order valence-electron chi connectivity index (χ3n) is 2.82. The molecule has 2 N–H and O–H groups in total. The Labute approximate surface area is 118 Å². The summed E-state index contributed by atoms with van der Waals surface area (Å²) in [5.74, 6) is 0.558. The van der Waals surface area contributed by atoms with Gasteiger partial charge in [-0.25, -0.2) is 0 Å². The van der Waals surface area contributed by atoms with Crippen molar-refractivity contribution in [1.82, 2.24) is 15.1 Å². The van der Waals surface area contributed by atoms with Crippen LogP contribution < -0.4 is 10.6 Å². The molecule has 1 aromatic heterocycles. The Hall–Kier alpha value is -1.76. The number of aromatic nitrogens is 2. The van der Waals surface area contributed by atoms with Crippen LogP contribution in [0.1, 0.15) is 19.4 Å². The lowest BCUT2D eigenvalue weighted by atomic mass is 10.2. The van der Waals surface area contributed by atoms with E-state index in [9.17, 15) is 4.79 Å². The van der Waals surface area contributed by atoms with Crippen LogP contribution in [-0.4, -0.2) is 52.7 Å². The zero-order chi connectivity index (χ0) is 14.4. The van der Waals surface area contributed by atoms with E-state index < -0.39 is 0 Å². The average Bonchev–Trinajstić information content (AvgIpc) is 2.40. The van der Waals surface area contributed by atoms with Gasteiger partial charge < -0.3 is 15.5 Å². The van der Waals surface area contributed by atoms with Gasteiger partial charge in [-0.15, -0.1) is 5.10 Å². The quantitative estimate of drug-likeness (QED) is 0.762. The van der Waals surface area contributed by atoms with E-state index in [1.807, 2.05) is 13.8 Å². The number of carbonyl (C=O) groups is 1. The number of nitrogens with zero attached hydrogens (tertiary/aromatic N) is 4. The van der Waals surface area contributed by atoms with Gasteiger partial charge in [-0.1, -0.05) is 12.2 Å². The Morgan fingerprint density at radius 1 is 1.42 bits per heavy atom. The van der Waals surface area contributed by atoms with Gasteiger partial charge in [-0.2, -0.15) is 5.10 Å². The summed E-state index contributed by atoms with van der Waals surface area (Å²) in [4.78, 5) is 15.8. The van der Waals surface area contributed by atoms with Gasteiger partial charge in [0.2, 0.25) is 5.91 Å². The fourth-order valence-electron chi connectivity index (χ4n) is 1.75. The van der Waals surface area contributed by atoms with Gasteiger partial charge in [-0.3, -0.25) is 4.79 Å². The first-order valence-electron chi connectivity index (χ1n) is 6.11. The number of amides is 1. The number of carbonyl (C=O) groups excluding carboxylic acids is 1. The van der Waals surface area contributed by atoms with Crippen molar-refractivity contribution >= 4 is 28.9 Å². The van der Waals surface area contributed by atoms with Crippen molar-refractivity contribution in [3.63, 3.8) is 0 Å². The molecule has 0 saturated carbocycles. The normalized spacial score (nSPS) is 10.1. The van der Waals surface area contributed by atoms with E-state index in [-0.39, 0.29) is 17.4 Å². The second kappa shape index (κ2) is 6.98. The van der Waals surface area contributed by atoms with Crippen LogP contribution in [0.15, 0.2) is 12.3 Å². The molecule has 6 nitrogen and oxygen atoms in total. The second-order valence-electron chi connectivity index (χ2n) is 4.05. The maximum atomic E-state index is 12.0. The summed E-state index contributed by atoms with van der Waals surface area (Å²) >= 11 is 4.97. The fraction of sp³-hybridized carbons (Fsp3) is 0.500. The van der Waals surface area contributed by atoms with Crippen molar-refractivity contribution < 1.29 is 4.79 Å². The molecule has 19 heavy (non-hydrogen) atoms. The van der Waals surface area contributed by atoms with Crippen LogP contribution in [0.25, 0.3) is 0 Å². The number of likely N-dealkylation sites (N-methyl/N-ethyl adjacent to an activating group) is 2. The van der Waals surface area contributed by atoms with E-state index in [2.05, 4.69) is 10.2 Å². The summed E-state index contributed by atoms with van der Waals surface area (Å²) in [5, 5.41) is 7.81. The third-order valence-corrected chi connectivity index (χ3v) is 3.04. The molecule has 0 fully saturated rings. The van der Waals surface area contributed by atoms with Crippen LogP contribution in [0.4, 0.5) is 5.82 Å². The zero-order valence-electron chi connectivity index (χ0n) is 11.5. The van der Waals surface area contributed by atoms with E-state index >= 15 is 0 Å². The number of anilines is 1. The van der Waals surface area contributed by atoms with Crippen molar-refractivity contribution in [2.75, 3.05) is 31.6 Å². The molecule has 0 aromatic carbocycles. The molecule has 0 aliphatic heterocycles. The zero-order valence-corrected chi connectivity index (χ0v) is 12.3. The SMILES string of the molecule is CCN(CC)C(=O)CN(C)c1nnccc1C(N)=S. The fourth-order valence-corrected chi connectivity index (χ4v) is 1.91. The lowest BCUT2D eigenvalue weighted by Gasteiger charge is -2.24. The molecule has 0 unspecified atom stereocenters. The molecular weight excluding hydrogens is 262 g/mol. The minimum atomic E-state index is 0.0343. The minimum Gasteiger partial charge on any atom is -0.389 e. The van der Waals surface area contributed by atoms with E-state index in [0.717, 1.165) is 0 Å². The van der Waals surface area contributed by atoms with Crippen LogP contribution in [0, 0.1) is 0 Å². The Morgan fingerprint density at radius 2 is 2.05 bits per heavy atom. The molecule has 1 heterocycles. The monoisotopic (exact) mass is 281 g/mol. The maximum absolute atomic E-state index is 12.0. The summed E-state index contributed by atoms with van der Waals surface area (Å²) in [7, 11) is 1.77. The molecule has 1 rings (SSSR count). The Balaban J connectivity index is 2.87. The molecule has 7 heteroatoms. The van der Waals surface area contributed by atoms with Gasteiger partial charge in [0.1, 0.15) is 4.99 Å². The van der Waals surface area contributed by atoms with Crippen LogP contribution >= 0.6 is 12.2 Å². The molecule has 104 valence electrons. The average molecular weight is 281 g/mol. The number of hydrogen-bond acceptors (Lipinski definition) is 5. The summed E-state index contributed by atoms with van der Waals surface area (Å²) in [5.41, 5.74) is 6.26. The highest BCUT2D eigenvalue weighted by Crippen LogP contribution is 2.14. The molecule has 0 saturated heterocycles. The van der Waals surface area contributed by atoms with Gasteiger partial charge >= 0.3 is 0 Å². The van der Waals surface area contributed by atoms with Crippen molar-refractivity contribution in [2.24, 2.45) is 5.73 Å². The van der Waals surface area contributed by atoms with Crippen molar-refractivity contribution in [3.05, 3.63) is 17.8 Å². The molecule has 0 bridgehead atoms. The highest BCUT2D eigenvalue weighted by molar-refractivity contribution is 7.80. The van der Waals surface area contributed by atoms with E-state index in [0.29, 0.717) is 24.5 Å². The second-order valence-corrected chi connectivity index (χ2v) is 4.49. The predicted molar refractivity (Wildman–Crippen MR) is 79.1 cm³/mol. The van der Waals surface area contributed by atoms with Gasteiger partial charge in [-0.05, 0) is 19.9 Å². The topological polar surface area (TPSA) is 75.4 Å². The number of thiocarbonyl (C=S) groups is 1. The summed E-state index contributed by atoms with van der Waals surface area (Å²) in [6.45, 7) is 5.49. The Bertz CT molecular complexity index is 461. The smallest absolute Gasteiger partial charge is 0.242 e. The molecule has 1 amide bonds. The molecule has 0 atom stereocenters. The Morgan fingerprint density at radius 3 is 2.58 bits per heavy atom. The molecular formula is C12H19N5OS. The lowest BCUT2D eigenvalue weighted by Crippen LogP contribution is -2.39. The molecule has 0 aliphatic carbocycles. The number of hydrogen-bond donors (Lipinski definition) is 1. The minimum absolute atomic E-state index is 0.0343.